The van der Waals surface area contributed by atoms with E-state index in [0.717, 1.165) is 48.3 Å². The van der Waals surface area contributed by atoms with E-state index in [1.54, 1.807) is 0 Å². The van der Waals surface area contributed by atoms with Gasteiger partial charge in [0.15, 0.2) is 0 Å². The van der Waals surface area contributed by atoms with Gasteiger partial charge in [-0.3, -0.25) is 19.4 Å². The predicted octanol–water partition coefficient (Wildman–Crippen LogP) is 11.0. The van der Waals surface area contributed by atoms with Gasteiger partial charge in [0.1, 0.15) is 0 Å². The molecule has 1 heterocycles. The molecule has 0 radical (unpaired) electrons. The summed E-state index contributed by atoms with van der Waals surface area (Å²) < 4.78 is 0. The molecule has 0 aliphatic carbocycles. The Balaban J connectivity index is 2.55. The molecule has 0 atom stereocenters. The fourth-order valence-corrected chi connectivity index (χ4v) is 7.85. The van der Waals surface area contributed by atoms with Crippen LogP contribution in [0.1, 0.15) is 219 Å². The van der Waals surface area contributed by atoms with E-state index in [1.807, 2.05) is 0 Å². The Hall–Kier alpha value is -2.20. The zero-order valence-electron chi connectivity index (χ0n) is 36.6. The van der Waals surface area contributed by atoms with Gasteiger partial charge in [0.25, 0.3) is 0 Å². The highest BCUT2D eigenvalue weighted by atomic mass is 16.3. The lowest BCUT2D eigenvalue weighted by molar-refractivity contribution is -0.132. The smallest absolute Gasteiger partial charge is 0.333 e. The summed E-state index contributed by atoms with van der Waals surface area (Å²) in [6.07, 6.45) is 37.2. The number of carbonyl (C=O) groups excluding carboxylic acids is 4. The lowest BCUT2D eigenvalue weighted by Crippen LogP contribution is -2.57. The molecule has 0 aromatic heterocycles. The molecule has 0 bridgehead atoms. The lowest BCUT2D eigenvalue weighted by Gasteiger charge is -2.36. The van der Waals surface area contributed by atoms with Gasteiger partial charge in [-0.2, -0.15) is 0 Å². The summed E-state index contributed by atoms with van der Waals surface area (Å²) >= 11 is 0. The molecule has 10 nitrogen and oxygen atoms in total. The second-order valence-corrected chi connectivity index (χ2v) is 16.5. The van der Waals surface area contributed by atoms with Crippen molar-refractivity contribution in [1.29, 1.82) is 0 Å². The summed E-state index contributed by atoms with van der Waals surface area (Å²) in [5.74, 6) is -0.641. The first-order chi connectivity index (χ1) is 27.4. The number of imide groups is 2. The molecule has 1 saturated heterocycles. The highest BCUT2D eigenvalue weighted by molar-refractivity contribution is 6.02. The normalized spacial score (nSPS) is 14.3. The van der Waals surface area contributed by atoms with Crippen LogP contribution in [-0.4, -0.2) is 106 Å². The molecule has 2 N–H and O–H groups in total. The summed E-state index contributed by atoms with van der Waals surface area (Å²) in [7, 11) is 0. The highest BCUT2D eigenvalue weighted by Gasteiger charge is 2.33. The maximum absolute atomic E-state index is 14.0. The average molecular weight is 793 g/mol. The lowest BCUT2D eigenvalue weighted by atomic mass is 10.0. The van der Waals surface area contributed by atoms with Crippen LogP contribution < -0.4 is 0 Å². The van der Waals surface area contributed by atoms with Crippen LogP contribution in [0, 0.1) is 0 Å². The minimum atomic E-state index is -0.621. The van der Waals surface area contributed by atoms with E-state index < -0.39 is 6.03 Å². The van der Waals surface area contributed by atoms with Crippen LogP contribution in [0.15, 0.2) is 0 Å². The Labute approximate surface area is 343 Å². The molecule has 1 aliphatic rings. The van der Waals surface area contributed by atoms with Gasteiger partial charge >= 0.3 is 12.1 Å². The minimum Gasteiger partial charge on any atom is -0.395 e. The van der Waals surface area contributed by atoms with E-state index in [4.69, 9.17) is 0 Å². The van der Waals surface area contributed by atoms with Crippen molar-refractivity contribution in [2.24, 2.45) is 0 Å². The van der Waals surface area contributed by atoms with E-state index in [1.165, 1.54) is 151 Å². The molecule has 1 fully saturated rings. The molecule has 0 aromatic rings. The van der Waals surface area contributed by atoms with Gasteiger partial charge in [-0.1, -0.05) is 194 Å². The van der Waals surface area contributed by atoms with E-state index >= 15 is 0 Å². The number of rotatable bonds is 36. The summed E-state index contributed by atoms with van der Waals surface area (Å²) in [6, 6.07) is -1.00. The Bertz CT molecular complexity index is 909. The van der Waals surface area contributed by atoms with Crippen molar-refractivity contribution < 1.29 is 29.4 Å². The van der Waals surface area contributed by atoms with Gasteiger partial charge < -0.3 is 20.0 Å². The maximum atomic E-state index is 14.0. The van der Waals surface area contributed by atoms with Crippen molar-refractivity contribution in [2.45, 2.75) is 219 Å². The largest absolute Gasteiger partial charge is 0.395 e. The van der Waals surface area contributed by atoms with Crippen molar-refractivity contribution in [2.75, 3.05) is 52.5 Å². The molecule has 6 amide bonds. The van der Waals surface area contributed by atoms with Crippen molar-refractivity contribution in [3.05, 3.63) is 0 Å². The van der Waals surface area contributed by atoms with E-state index in [9.17, 15) is 29.4 Å². The van der Waals surface area contributed by atoms with Crippen LogP contribution in [0.3, 0.4) is 0 Å². The zero-order valence-corrected chi connectivity index (χ0v) is 36.6. The third-order valence-corrected chi connectivity index (χ3v) is 11.5. The zero-order chi connectivity index (χ0) is 40.9. The van der Waals surface area contributed by atoms with E-state index in [-0.39, 0.29) is 83.2 Å². The first kappa shape index (κ1) is 51.8. The standard InChI is InChI=1S/C46H88N4O6/c1-3-5-7-9-11-13-15-17-19-21-23-25-27-29-31-33-43(53)49-37-35-47(39-41-51)45(55)48(40-42-52)36-38-50(46(49)56)44(54)34-32-30-28-26-24-22-20-18-16-14-12-10-8-6-4-2/h51-52H,3-42H2,1-2H3. The first-order valence-corrected chi connectivity index (χ1v) is 23.8. The highest BCUT2D eigenvalue weighted by Crippen LogP contribution is 2.18. The van der Waals surface area contributed by atoms with Crippen molar-refractivity contribution >= 4 is 23.9 Å². The molecular formula is C46H88N4O6. The summed E-state index contributed by atoms with van der Waals surface area (Å²) in [4.78, 5) is 59.6. The van der Waals surface area contributed by atoms with Crippen molar-refractivity contribution in [1.82, 2.24) is 19.6 Å². The molecule has 0 spiro atoms. The number of unbranched alkanes of at least 4 members (excludes halogenated alkanes) is 28. The molecule has 0 saturated carbocycles. The third kappa shape index (κ3) is 25.9. The van der Waals surface area contributed by atoms with Gasteiger partial charge in [-0.25, -0.2) is 9.59 Å². The number of aliphatic hydroxyl groups is 2. The number of nitrogens with zero attached hydrogens (tertiary/aromatic N) is 4. The Morgan fingerprint density at radius 1 is 0.393 bits per heavy atom. The first-order valence-electron chi connectivity index (χ1n) is 23.8. The van der Waals surface area contributed by atoms with Crippen LogP contribution in [0.4, 0.5) is 9.59 Å². The monoisotopic (exact) mass is 793 g/mol. The number of urea groups is 2. The Kier molecular flexibility index (Phi) is 34.3. The summed E-state index contributed by atoms with van der Waals surface area (Å²) in [5.41, 5.74) is 0. The quantitative estimate of drug-likeness (QED) is 0.0609. The van der Waals surface area contributed by atoms with Gasteiger partial charge in [-0.05, 0) is 12.8 Å². The minimum absolute atomic E-state index is 0.0438. The Morgan fingerprint density at radius 2 is 0.643 bits per heavy atom. The average Bonchev–Trinajstić information content (AvgIpc) is 3.19. The predicted molar refractivity (Wildman–Crippen MR) is 231 cm³/mol. The topological polar surface area (TPSA) is 122 Å². The van der Waals surface area contributed by atoms with Gasteiger partial charge in [-0.15, -0.1) is 0 Å². The number of hydrogen-bond acceptors (Lipinski definition) is 6. The van der Waals surface area contributed by atoms with Crippen LogP contribution >= 0.6 is 0 Å². The van der Waals surface area contributed by atoms with Gasteiger partial charge in [0, 0.05) is 52.1 Å². The summed E-state index contributed by atoms with van der Waals surface area (Å²) in [6.45, 7) is 4.12. The van der Waals surface area contributed by atoms with Gasteiger partial charge in [0.05, 0.1) is 13.2 Å². The van der Waals surface area contributed by atoms with E-state index in [0.29, 0.717) is 12.8 Å². The molecule has 1 rings (SSSR count). The number of β-amino-alcohol motifs (C(OH)–C–C–N with tert-alkyl or cyclic N) is 2. The molecule has 0 unspecified atom stereocenters. The SMILES string of the molecule is CCCCCCCCCCCCCCCCCC(=O)N1CCN(CCO)C(=O)N(CCO)CCN(C(=O)CCCCCCCCCCCCCCCCC)C1=O. The van der Waals surface area contributed by atoms with Crippen LogP contribution in [-0.2, 0) is 9.59 Å². The number of amides is 6. The number of carbonyl (C=O) groups is 4. The van der Waals surface area contributed by atoms with E-state index in [2.05, 4.69) is 13.8 Å². The Morgan fingerprint density at radius 3 is 0.893 bits per heavy atom. The maximum Gasteiger partial charge on any atom is 0.333 e. The number of hydrogen-bond donors (Lipinski definition) is 2. The molecule has 56 heavy (non-hydrogen) atoms. The third-order valence-electron chi connectivity index (χ3n) is 11.5. The van der Waals surface area contributed by atoms with Crippen LogP contribution in [0.5, 0.6) is 0 Å². The number of aliphatic hydroxyl groups excluding tert-OH is 2. The van der Waals surface area contributed by atoms with Crippen molar-refractivity contribution in [3.8, 4) is 0 Å². The molecule has 10 heteroatoms. The molecule has 0 aromatic carbocycles. The summed E-state index contributed by atoms with van der Waals surface area (Å²) in [5, 5.41) is 19.3. The fourth-order valence-electron chi connectivity index (χ4n) is 7.85. The van der Waals surface area contributed by atoms with Crippen LogP contribution in [0.25, 0.3) is 0 Å². The molecule has 328 valence electrons. The second kappa shape index (κ2) is 37.1. The van der Waals surface area contributed by atoms with Gasteiger partial charge in [0.2, 0.25) is 11.8 Å². The van der Waals surface area contributed by atoms with Crippen molar-refractivity contribution in [3.63, 3.8) is 0 Å². The second-order valence-electron chi connectivity index (χ2n) is 16.5. The van der Waals surface area contributed by atoms with Crippen LogP contribution in [0.2, 0.25) is 0 Å². The molecular weight excluding hydrogens is 705 g/mol. The molecule has 1 aliphatic heterocycles. The fraction of sp³-hybridized carbons (Fsp3) is 0.913.